The molecule has 2 atom stereocenters. The summed E-state index contributed by atoms with van der Waals surface area (Å²) in [4.78, 5) is 24.7. The van der Waals surface area contributed by atoms with E-state index >= 15 is 0 Å². The lowest BCUT2D eigenvalue weighted by Crippen LogP contribution is -2.43. The van der Waals surface area contributed by atoms with Crippen LogP contribution in [0.3, 0.4) is 0 Å². The second-order valence-corrected chi connectivity index (χ2v) is 12.2. The molecular formula is C16H26O3Si. The molecule has 2 aliphatic rings. The lowest BCUT2D eigenvalue weighted by atomic mass is 9.66. The van der Waals surface area contributed by atoms with Gasteiger partial charge in [-0.1, -0.05) is 30.9 Å². The van der Waals surface area contributed by atoms with Gasteiger partial charge in [-0.15, -0.1) is 0 Å². The molecule has 0 heterocycles. The molecule has 3 nitrogen and oxygen atoms in total. The van der Waals surface area contributed by atoms with Crippen molar-refractivity contribution in [2.75, 3.05) is 6.61 Å². The molecule has 0 aromatic rings. The highest BCUT2D eigenvalue weighted by Gasteiger charge is 2.56. The summed E-state index contributed by atoms with van der Waals surface area (Å²) in [5.74, 6) is 0.375. The Morgan fingerprint density at radius 1 is 1.35 bits per heavy atom. The van der Waals surface area contributed by atoms with Gasteiger partial charge in [0.2, 0.25) is 0 Å². The number of rotatable bonds is 3. The first-order valence-corrected chi connectivity index (χ1v) is 11.3. The third-order valence-electron chi connectivity index (χ3n) is 4.53. The predicted octanol–water partition coefficient (Wildman–Crippen LogP) is 3.50. The van der Waals surface area contributed by atoms with Crippen LogP contribution in [0.4, 0.5) is 0 Å². The smallest absolute Gasteiger partial charge is 0.316 e. The molecule has 0 aromatic heterocycles. The minimum atomic E-state index is -1.42. The highest BCUT2D eigenvalue weighted by atomic mass is 28.3. The van der Waals surface area contributed by atoms with Crippen LogP contribution in [0.1, 0.15) is 39.0 Å². The second-order valence-electron chi connectivity index (χ2n) is 7.22. The lowest BCUT2D eigenvalue weighted by Gasteiger charge is -2.38. The highest BCUT2D eigenvalue weighted by molar-refractivity contribution is 6.81. The molecule has 0 spiro atoms. The first-order chi connectivity index (χ1) is 9.29. The maximum atomic E-state index is 12.6. The molecule has 20 heavy (non-hydrogen) atoms. The van der Waals surface area contributed by atoms with Crippen molar-refractivity contribution in [3.05, 3.63) is 11.3 Å². The number of hydrogen-bond acceptors (Lipinski definition) is 3. The Labute approximate surface area is 122 Å². The van der Waals surface area contributed by atoms with Gasteiger partial charge in [0.15, 0.2) is 0 Å². The third kappa shape index (κ3) is 2.76. The molecule has 2 rings (SSSR count). The van der Waals surface area contributed by atoms with Gasteiger partial charge < -0.3 is 4.74 Å². The van der Waals surface area contributed by atoms with Gasteiger partial charge in [-0.2, -0.15) is 0 Å². The molecule has 0 aromatic carbocycles. The first kappa shape index (κ1) is 15.5. The van der Waals surface area contributed by atoms with Crippen molar-refractivity contribution >= 4 is 19.8 Å². The van der Waals surface area contributed by atoms with Crippen molar-refractivity contribution in [3.63, 3.8) is 0 Å². The number of carbonyl (C=O) groups excluding carboxylic acids is 2. The lowest BCUT2D eigenvalue weighted by molar-refractivity contribution is -0.159. The molecule has 112 valence electrons. The van der Waals surface area contributed by atoms with Gasteiger partial charge in [0.25, 0.3) is 0 Å². The largest absolute Gasteiger partial charge is 0.465 e. The quantitative estimate of drug-likeness (QED) is 0.591. The van der Waals surface area contributed by atoms with Crippen LogP contribution in [0.2, 0.25) is 19.6 Å². The van der Waals surface area contributed by atoms with Gasteiger partial charge in [-0.05, 0) is 32.1 Å². The van der Waals surface area contributed by atoms with E-state index in [1.165, 1.54) is 5.57 Å². The molecular weight excluding hydrogens is 268 g/mol. The number of ketones is 1. The Morgan fingerprint density at radius 3 is 2.60 bits per heavy atom. The summed E-state index contributed by atoms with van der Waals surface area (Å²) in [5, 5.41) is 0. The summed E-state index contributed by atoms with van der Waals surface area (Å²) in [6, 6.07) is 0. The number of hydrogen-bond donors (Lipinski definition) is 0. The fourth-order valence-electron chi connectivity index (χ4n) is 3.80. The molecule has 2 saturated carbocycles. The van der Waals surface area contributed by atoms with Crippen LogP contribution in [-0.4, -0.2) is 26.4 Å². The van der Waals surface area contributed by atoms with Crippen molar-refractivity contribution in [1.29, 1.82) is 0 Å². The zero-order valence-electron chi connectivity index (χ0n) is 13.1. The summed E-state index contributed by atoms with van der Waals surface area (Å²) in [7, 11) is -1.42. The minimum absolute atomic E-state index is 0.153. The SMILES string of the molecule is CCOC(=O)C12CC(=O)CCC1CC/C2=C\[Si](C)(C)C. The van der Waals surface area contributed by atoms with Crippen LogP contribution in [0.25, 0.3) is 0 Å². The molecule has 0 radical (unpaired) electrons. The molecule has 0 N–H and O–H groups in total. The van der Waals surface area contributed by atoms with Crippen molar-refractivity contribution in [1.82, 2.24) is 0 Å². The maximum absolute atomic E-state index is 12.6. The Kier molecular flexibility index (Phi) is 4.24. The molecule has 4 heteroatoms. The van der Waals surface area contributed by atoms with E-state index in [1.807, 2.05) is 6.92 Å². The van der Waals surface area contributed by atoms with Crippen LogP contribution in [0.5, 0.6) is 0 Å². The van der Waals surface area contributed by atoms with Crippen molar-refractivity contribution in [2.24, 2.45) is 11.3 Å². The van der Waals surface area contributed by atoms with Gasteiger partial charge in [-0.25, -0.2) is 0 Å². The summed E-state index contributed by atoms with van der Waals surface area (Å²) in [6.45, 7) is 9.05. The predicted molar refractivity (Wildman–Crippen MR) is 82.1 cm³/mol. The summed E-state index contributed by atoms with van der Waals surface area (Å²) in [5.41, 5.74) is 2.92. The van der Waals surface area contributed by atoms with Gasteiger partial charge in [0.05, 0.1) is 20.1 Å². The molecule has 0 aliphatic heterocycles. The molecule has 2 aliphatic carbocycles. The maximum Gasteiger partial charge on any atom is 0.316 e. The summed E-state index contributed by atoms with van der Waals surface area (Å²) in [6.07, 6.45) is 3.84. The van der Waals surface area contributed by atoms with Crippen LogP contribution in [0.15, 0.2) is 11.3 Å². The van der Waals surface area contributed by atoms with Gasteiger partial charge in [-0.3, -0.25) is 9.59 Å². The van der Waals surface area contributed by atoms with E-state index in [1.54, 1.807) is 0 Å². The fourth-order valence-corrected chi connectivity index (χ4v) is 5.25. The average Bonchev–Trinajstić information content (AvgIpc) is 2.67. The van der Waals surface area contributed by atoms with Crippen LogP contribution in [0, 0.1) is 11.3 Å². The van der Waals surface area contributed by atoms with Gasteiger partial charge >= 0.3 is 5.97 Å². The first-order valence-electron chi connectivity index (χ1n) is 7.70. The highest BCUT2D eigenvalue weighted by Crippen LogP contribution is 2.55. The molecule has 2 unspecified atom stereocenters. The van der Waals surface area contributed by atoms with E-state index < -0.39 is 13.5 Å². The molecule has 0 saturated heterocycles. The average molecular weight is 294 g/mol. The molecule has 0 bridgehead atoms. The number of ether oxygens (including phenoxy) is 1. The topological polar surface area (TPSA) is 43.4 Å². The number of fused-ring (bicyclic) bond motifs is 1. The van der Waals surface area contributed by atoms with Crippen molar-refractivity contribution in [2.45, 2.75) is 58.7 Å². The van der Waals surface area contributed by atoms with Crippen LogP contribution < -0.4 is 0 Å². The summed E-state index contributed by atoms with van der Waals surface area (Å²) < 4.78 is 5.36. The normalized spacial score (nSPS) is 32.3. The fraction of sp³-hybridized carbons (Fsp3) is 0.750. The monoisotopic (exact) mass is 294 g/mol. The number of carbonyl (C=O) groups is 2. The second kappa shape index (κ2) is 5.47. The van der Waals surface area contributed by atoms with Crippen LogP contribution in [-0.2, 0) is 14.3 Å². The molecule has 0 amide bonds. The van der Waals surface area contributed by atoms with Gasteiger partial charge in [0.1, 0.15) is 5.78 Å². The van der Waals surface area contributed by atoms with E-state index in [0.717, 1.165) is 19.3 Å². The Bertz CT molecular complexity index is 447. The van der Waals surface area contributed by atoms with Gasteiger partial charge in [0, 0.05) is 12.8 Å². The zero-order chi connectivity index (χ0) is 15.0. The number of esters is 1. The van der Waals surface area contributed by atoms with E-state index in [4.69, 9.17) is 4.74 Å². The van der Waals surface area contributed by atoms with E-state index in [9.17, 15) is 9.59 Å². The van der Waals surface area contributed by atoms with E-state index in [-0.39, 0.29) is 11.8 Å². The van der Waals surface area contributed by atoms with Crippen molar-refractivity contribution in [3.8, 4) is 0 Å². The van der Waals surface area contributed by atoms with Crippen LogP contribution >= 0.6 is 0 Å². The van der Waals surface area contributed by atoms with E-state index in [0.29, 0.717) is 25.4 Å². The third-order valence-corrected chi connectivity index (χ3v) is 5.74. The molecule has 2 fully saturated rings. The number of Topliss-reactive ketones (excluding diaryl/α,β-unsaturated/α-hetero) is 1. The Hall–Kier alpha value is -0.903. The van der Waals surface area contributed by atoms with E-state index in [2.05, 4.69) is 25.3 Å². The minimum Gasteiger partial charge on any atom is -0.465 e. The Morgan fingerprint density at radius 2 is 2.00 bits per heavy atom. The summed E-state index contributed by atoms with van der Waals surface area (Å²) >= 11 is 0. The van der Waals surface area contributed by atoms with Crippen molar-refractivity contribution < 1.29 is 14.3 Å². The zero-order valence-corrected chi connectivity index (χ0v) is 14.1. The Balaban J connectivity index is 2.45. The standard InChI is InChI=1S/C16H26O3Si/c1-5-19-15(18)16-10-14(17)9-8-12(16)6-7-13(16)11-20(2,3)4/h11-12H,5-10H2,1-4H3/b13-11+.